The lowest BCUT2D eigenvalue weighted by Crippen LogP contribution is -2.42. The van der Waals surface area contributed by atoms with Crippen LogP contribution in [-0.4, -0.2) is 26.1 Å². The van der Waals surface area contributed by atoms with Gasteiger partial charge in [0.25, 0.3) is 11.1 Å². The topological polar surface area (TPSA) is 122 Å². The zero-order chi connectivity index (χ0) is 11.7. The monoisotopic (exact) mass is 242 g/mol. The maximum absolute atomic E-state index is 11.5. The molecule has 3 N–H and O–H groups in total. The van der Waals surface area contributed by atoms with Crippen molar-refractivity contribution in [3.63, 3.8) is 0 Å². The maximum atomic E-state index is 11.5. The SMILES string of the molecule is O.O=C(O)OC1C=CCn2c(=O)ccc(=O)n21. The minimum absolute atomic E-state index is 0. The molecule has 0 fully saturated rings. The molecule has 1 aromatic heterocycles. The molecule has 1 atom stereocenters. The van der Waals surface area contributed by atoms with Gasteiger partial charge < -0.3 is 15.3 Å². The van der Waals surface area contributed by atoms with Crippen LogP contribution in [0, 0.1) is 0 Å². The fourth-order valence-corrected chi connectivity index (χ4v) is 1.52. The third-order valence-corrected chi connectivity index (χ3v) is 2.15. The van der Waals surface area contributed by atoms with Gasteiger partial charge in [0.05, 0.1) is 6.54 Å². The lowest BCUT2D eigenvalue weighted by Gasteiger charge is -2.22. The molecule has 0 saturated carbocycles. The van der Waals surface area contributed by atoms with Crippen LogP contribution in [-0.2, 0) is 11.3 Å². The van der Waals surface area contributed by atoms with Gasteiger partial charge in [-0.05, 0) is 6.08 Å². The van der Waals surface area contributed by atoms with Gasteiger partial charge in [0.1, 0.15) is 0 Å². The second-order valence-corrected chi connectivity index (χ2v) is 3.14. The lowest BCUT2D eigenvalue weighted by molar-refractivity contribution is 0.0242. The molecule has 2 rings (SSSR count). The van der Waals surface area contributed by atoms with Crippen LogP contribution in [0.3, 0.4) is 0 Å². The van der Waals surface area contributed by atoms with Crippen molar-refractivity contribution in [1.29, 1.82) is 0 Å². The normalized spacial score (nSPS) is 16.8. The molecule has 17 heavy (non-hydrogen) atoms. The zero-order valence-electron chi connectivity index (χ0n) is 8.57. The molecule has 0 amide bonds. The van der Waals surface area contributed by atoms with E-state index in [4.69, 9.17) is 5.11 Å². The summed E-state index contributed by atoms with van der Waals surface area (Å²) in [7, 11) is 0. The van der Waals surface area contributed by atoms with E-state index in [0.29, 0.717) is 0 Å². The molecule has 0 saturated heterocycles. The van der Waals surface area contributed by atoms with Crippen LogP contribution in [0.2, 0.25) is 0 Å². The summed E-state index contributed by atoms with van der Waals surface area (Å²) in [5.41, 5.74) is -0.877. The Morgan fingerprint density at radius 1 is 1.35 bits per heavy atom. The molecule has 2 heterocycles. The van der Waals surface area contributed by atoms with Crippen LogP contribution in [0.15, 0.2) is 33.9 Å². The number of hydrogen-bond donors (Lipinski definition) is 1. The second kappa shape index (κ2) is 4.66. The first-order chi connectivity index (χ1) is 7.59. The summed E-state index contributed by atoms with van der Waals surface area (Å²) in [5, 5.41) is 8.49. The van der Waals surface area contributed by atoms with Crippen LogP contribution < -0.4 is 11.1 Å². The van der Waals surface area contributed by atoms with Crippen molar-refractivity contribution in [3.8, 4) is 0 Å². The van der Waals surface area contributed by atoms with E-state index in [2.05, 4.69) is 4.74 Å². The molecule has 8 heteroatoms. The number of rotatable bonds is 1. The summed E-state index contributed by atoms with van der Waals surface area (Å²) in [6.45, 7) is 0.217. The summed E-state index contributed by atoms with van der Waals surface area (Å²) >= 11 is 0. The Balaban J connectivity index is 0.00000144. The number of allylic oxidation sites excluding steroid dienone is 1. The molecule has 0 radical (unpaired) electrons. The maximum Gasteiger partial charge on any atom is 0.508 e. The van der Waals surface area contributed by atoms with Gasteiger partial charge in [0, 0.05) is 12.1 Å². The first-order valence-electron chi connectivity index (χ1n) is 4.48. The third-order valence-electron chi connectivity index (χ3n) is 2.15. The third kappa shape index (κ3) is 2.26. The number of ether oxygens (including phenoxy) is 1. The highest BCUT2D eigenvalue weighted by molar-refractivity contribution is 5.57. The molecule has 8 nitrogen and oxygen atoms in total. The average molecular weight is 242 g/mol. The largest absolute Gasteiger partial charge is 0.508 e. The quantitative estimate of drug-likeness (QED) is 0.497. The van der Waals surface area contributed by atoms with Gasteiger partial charge in [-0.15, -0.1) is 0 Å². The van der Waals surface area contributed by atoms with Crippen LogP contribution >= 0.6 is 0 Å². The van der Waals surface area contributed by atoms with E-state index in [-0.39, 0.29) is 17.6 Å². The Morgan fingerprint density at radius 2 is 2.00 bits per heavy atom. The van der Waals surface area contributed by atoms with E-state index in [1.54, 1.807) is 6.08 Å². The average Bonchev–Trinajstić information content (AvgIpc) is 2.23. The Hall–Kier alpha value is -2.35. The highest BCUT2D eigenvalue weighted by Gasteiger charge is 2.20. The number of nitrogens with zero attached hydrogens (tertiary/aromatic N) is 2. The van der Waals surface area contributed by atoms with Crippen LogP contribution in [0.1, 0.15) is 6.23 Å². The van der Waals surface area contributed by atoms with Gasteiger partial charge in [-0.2, -0.15) is 0 Å². The minimum atomic E-state index is -1.51. The molecule has 0 spiro atoms. The first-order valence-corrected chi connectivity index (χ1v) is 4.48. The fourth-order valence-electron chi connectivity index (χ4n) is 1.52. The van der Waals surface area contributed by atoms with Gasteiger partial charge in [-0.3, -0.25) is 9.59 Å². The predicted octanol–water partition coefficient (Wildman–Crippen LogP) is -1.05. The van der Waals surface area contributed by atoms with Crippen molar-refractivity contribution in [1.82, 2.24) is 9.36 Å². The summed E-state index contributed by atoms with van der Waals surface area (Å²) in [6, 6.07) is 2.21. The Morgan fingerprint density at radius 3 is 2.65 bits per heavy atom. The minimum Gasteiger partial charge on any atom is -0.450 e. The smallest absolute Gasteiger partial charge is 0.450 e. The first kappa shape index (κ1) is 12.7. The van der Waals surface area contributed by atoms with Crippen molar-refractivity contribution in [2.75, 3.05) is 0 Å². The number of hydrogen-bond acceptors (Lipinski definition) is 4. The van der Waals surface area contributed by atoms with Crippen LogP contribution in [0.5, 0.6) is 0 Å². The number of carboxylic acid groups (broad SMARTS) is 1. The van der Waals surface area contributed by atoms with Gasteiger partial charge in [-0.25, -0.2) is 14.2 Å². The van der Waals surface area contributed by atoms with E-state index < -0.39 is 17.9 Å². The lowest BCUT2D eigenvalue weighted by atomic mass is 10.4. The number of carbonyl (C=O) groups is 1. The van der Waals surface area contributed by atoms with Gasteiger partial charge >= 0.3 is 6.16 Å². The van der Waals surface area contributed by atoms with E-state index in [1.807, 2.05) is 0 Å². The molecule has 1 unspecified atom stereocenters. The van der Waals surface area contributed by atoms with E-state index in [0.717, 1.165) is 21.5 Å². The zero-order valence-corrected chi connectivity index (χ0v) is 8.57. The van der Waals surface area contributed by atoms with E-state index >= 15 is 0 Å². The van der Waals surface area contributed by atoms with Crippen LogP contribution in [0.4, 0.5) is 4.79 Å². The van der Waals surface area contributed by atoms with Gasteiger partial charge in [0.2, 0.25) is 6.23 Å². The van der Waals surface area contributed by atoms with Gasteiger partial charge in [-0.1, -0.05) is 6.08 Å². The second-order valence-electron chi connectivity index (χ2n) is 3.14. The molecule has 1 aromatic rings. The Bertz CT molecular complexity index is 570. The summed E-state index contributed by atoms with van der Waals surface area (Å²) in [5.74, 6) is 0. The highest BCUT2D eigenvalue weighted by atomic mass is 16.7. The summed E-state index contributed by atoms with van der Waals surface area (Å²) in [4.78, 5) is 33.3. The van der Waals surface area contributed by atoms with Crippen molar-refractivity contribution in [2.24, 2.45) is 0 Å². The number of fused-ring (bicyclic) bond motifs is 1. The molecule has 0 bridgehead atoms. The molecule has 0 aliphatic carbocycles. The van der Waals surface area contributed by atoms with Crippen molar-refractivity contribution in [2.45, 2.75) is 12.8 Å². The highest BCUT2D eigenvalue weighted by Crippen LogP contribution is 2.11. The van der Waals surface area contributed by atoms with Crippen molar-refractivity contribution < 1.29 is 20.1 Å². The fraction of sp³-hybridized carbons (Fsp3) is 0.222. The summed E-state index contributed by atoms with van der Waals surface area (Å²) < 4.78 is 6.58. The van der Waals surface area contributed by atoms with Crippen LogP contribution in [0.25, 0.3) is 0 Å². The number of aromatic nitrogens is 2. The van der Waals surface area contributed by atoms with E-state index in [9.17, 15) is 14.4 Å². The standard InChI is InChI=1S/C9H8N2O5.H2O/c12-6-3-4-7(13)11-8(16-9(14)15)2-1-5-10(6)11;/h1-4,8H,5H2,(H,14,15);1H2. The van der Waals surface area contributed by atoms with Crippen molar-refractivity contribution in [3.05, 3.63) is 45.0 Å². The molecular weight excluding hydrogens is 232 g/mol. The molecular formula is C9H10N2O6. The Kier molecular flexibility index (Phi) is 3.49. The molecule has 92 valence electrons. The Labute approximate surface area is 94.3 Å². The molecule has 1 aliphatic heterocycles. The van der Waals surface area contributed by atoms with E-state index in [1.165, 1.54) is 6.08 Å². The molecule has 0 aromatic carbocycles. The van der Waals surface area contributed by atoms with Gasteiger partial charge in [0.15, 0.2) is 0 Å². The molecule has 1 aliphatic rings. The van der Waals surface area contributed by atoms with Crippen molar-refractivity contribution >= 4 is 6.16 Å². The summed E-state index contributed by atoms with van der Waals surface area (Å²) in [6.07, 6.45) is 0.377. The predicted molar refractivity (Wildman–Crippen MR) is 55.9 cm³/mol.